The minimum Gasteiger partial charge on any atom is -0.490 e. The standard InChI is InChI=1S/C9H9F5O4/c1-3-16-6-4-17-8(7(6,10)11,9(12,13)14)18-5(2)15/h3,6H,1,4H2,2H3. The van der Waals surface area contributed by atoms with E-state index in [2.05, 4.69) is 20.8 Å². The molecule has 0 aromatic carbocycles. The van der Waals surface area contributed by atoms with Crippen LogP contribution < -0.4 is 0 Å². The lowest BCUT2D eigenvalue weighted by Crippen LogP contribution is -2.61. The van der Waals surface area contributed by atoms with Gasteiger partial charge in [0, 0.05) is 6.92 Å². The van der Waals surface area contributed by atoms with Crippen molar-refractivity contribution in [1.29, 1.82) is 0 Å². The Morgan fingerprint density at radius 1 is 1.50 bits per heavy atom. The molecular weight excluding hydrogens is 267 g/mol. The van der Waals surface area contributed by atoms with E-state index in [0.29, 0.717) is 13.2 Å². The maximum atomic E-state index is 13.7. The normalized spacial score (nSPS) is 30.9. The Hall–Kier alpha value is -1.38. The van der Waals surface area contributed by atoms with E-state index in [1.165, 1.54) is 0 Å². The summed E-state index contributed by atoms with van der Waals surface area (Å²) in [6.07, 6.45) is -7.29. The average molecular weight is 276 g/mol. The summed E-state index contributed by atoms with van der Waals surface area (Å²) in [5.41, 5.74) is 0. The highest BCUT2D eigenvalue weighted by Crippen LogP contribution is 2.52. The third-order valence-electron chi connectivity index (χ3n) is 2.20. The highest BCUT2D eigenvalue weighted by molar-refractivity contribution is 5.66. The largest absolute Gasteiger partial charge is 0.490 e. The molecule has 1 rings (SSSR count). The Labute approximate surface area is 98.3 Å². The third-order valence-corrected chi connectivity index (χ3v) is 2.20. The van der Waals surface area contributed by atoms with Crippen molar-refractivity contribution in [3.63, 3.8) is 0 Å². The van der Waals surface area contributed by atoms with Gasteiger partial charge >= 0.3 is 23.9 Å². The lowest BCUT2D eigenvalue weighted by Gasteiger charge is -2.34. The zero-order valence-corrected chi connectivity index (χ0v) is 9.09. The molecule has 4 nitrogen and oxygen atoms in total. The minimum atomic E-state index is -5.61. The quantitative estimate of drug-likeness (QED) is 0.449. The minimum absolute atomic E-state index is 0.558. The van der Waals surface area contributed by atoms with Crippen LogP contribution in [0, 0.1) is 0 Å². The molecule has 0 aliphatic carbocycles. The molecule has 0 amide bonds. The van der Waals surface area contributed by atoms with Crippen LogP contribution in [0.5, 0.6) is 0 Å². The van der Waals surface area contributed by atoms with E-state index < -0.39 is 36.6 Å². The molecule has 0 aromatic rings. The van der Waals surface area contributed by atoms with E-state index in [1.54, 1.807) is 0 Å². The predicted molar refractivity (Wildman–Crippen MR) is 46.5 cm³/mol. The molecule has 1 aliphatic rings. The van der Waals surface area contributed by atoms with Crippen LogP contribution in [0.2, 0.25) is 0 Å². The number of carbonyl (C=O) groups excluding carboxylic acids is 1. The first-order chi connectivity index (χ1) is 8.08. The van der Waals surface area contributed by atoms with Crippen molar-refractivity contribution < 1.29 is 41.0 Å². The van der Waals surface area contributed by atoms with Crippen molar-refractivity contribution in [2.24, 2.45) is 0 Å². The smallest absolute Gasteiger partial charge is 0.462 e. The summed E-state index contributed by atoms with van der Waals surface area (Å²) in [6, 6.07) is 0. The molecule has 18 heavy (non-hydrogen) atoms. The van der Waals surface area contributed by atoms with Gasteiger partial charge in [-0.25, -0.2) is 0 Å². The van der Waals surface area contributed by atoms with Gasteiger partial charge in [0.2, 0.25) is 0 Å². The number of ether oxygens (including phenoxy) is 3. The van der Waals surface area contributed by atoms with Crippen LogP contribution >= 0.6 is 0 Å². The molecule has 0 saturated carbocycles. The third kappa shape index (κ3) is 2.02. The van der Waals surface area contributed by atoms with Crippen molar-refractivity contribution in [3.8, 4) is 0 Å². The molecule has 1 heterocycles. The summed E-state index contributed by atoms with van der Waals surface area (Å²) < 4.78 is 77.5. The van der Waals surface area contributed by atoms with Gasteiger partial charge in [-0.15, -0.1) is 0 Å². The highest BCUT2D eigenvalue weighted by Gasteiger charge is 2.81. The van der Waals surface area contributed by atoms with Gasteiger partial charge in [0.05, 0.1) is 12.9 Å². The van der Waals surface area contributed by atoms with E-state index >= 15 is 0 Å². The molecular formula is C9H9F5O4. The lowest BCUT2D eigenvalue weighted by atomic mass is 10.1. The topological polar surface area (TPSA) is 44.8 Å². The number of carbonyl (C=O) groups is 1. The van der Waals surface area contributed by atoms with Crippen molar-refractivity contribution in [2.45, 2.75) is 30.9 Å². The Morgan fingerprint density at radius 3 is 2.44 bits per heavy atom. The average Bonchev–Trinajstić information content (AvgIpc) is 2.41. The van der Waals surface area contributed by atoms with Gasteiger partial charge < -0.3 is 14.2 Å². The number of esters is 1. The van der Waals surface area contributed by atoms with Crippen LogP contribution in [-0.2, 0) is 19.0 Å². The van der Waals surface area contributed by atoms with Crippen molar-refractivity contribution >= 4 is 5.97 Å². The number of hydrogen-bond acceptors (Lipinski definition) is 4. The van der Waals surface area contributed by atoms with Crippen LogP contribution in [-0.4, -0.2) is 36.6 Å². The molecule has 9 heteroatoms. The molecule has 104 valence electrons. The van der Waals surface area contributed by atoms with Crippen LogP contribution in [0.3, 0.4) is 0 Å². The molecule has 0 aromatic heterocycles. The molecule has 1 aliphatic heterocycles. The molecule has 0 radical (unpaired) electrons. The Bertz CT molecular complexity index is 353. The predicted octanol–water partition coefficient (Wildman–Crippen LogP) is 2.00. The van der Waals surface area contributed by atoms with Gasteiger partial charge in [0.1, 0.15) is 0 Å². The van der Waals surface area contributed by atoms with Crippen molar-refractivity contribution in [3.05, 3.63) is 12.8 Å². The zero-order valence-electron chi connectivity index (χ0n) is 9.09. The van der Waals surface area contributed by atoms with Gasteiger partial charge in [0.25, 0.3) is 0 Å². The molecule has 2 unspecified atom stereocenters. The fourth-order valence-corrected chi connectivity index (χ4v) is 1.48. The second kappa shape index (κ2) is 4.38. The first kappa shape index (κ1) is 14.7. The maximum Gasteiger partial charge on any atom is 0.462 e. The fraction of sp³-hybridized carbons (Fsp3) is 0.667. The first-order valence-electron chi connectivity index (χ1n) is 4.63. The molecule has 0 spiro atoms. The number of hydrogen-bond donors (Lipinski definition) is 0. The summed E-state index contributed by atoms with van der Waals surface area (Å²) in [5, 5.41) is 0. The Morgan fingerprint density at radius 2 is 2.06 bits per heavy atom. The van der Waals surface area contributed by atoms with Crippen LogP contribution in [0.15, 0.2) is 12.8 Å². The fourth-order valence-electron chi connectivity index (χ4n) is 1.48. The van der Waals surface area contributed by atoms with Crippen molar-refractivity contribution in [1.82, 2.24) is 0 Å². The van der Waals surface area contributed by atoms with Gasteiger partial charge in [-0.3, -0.25) is 4.79 Å². The van der Waals surface area contributed by atoms with E-state index in [0.717, 1.165) is 0 Å². The van der Waals surface area contributed by atoms with E-state index in [-0.39, 0.29) is 0 Å². The number of halogens is 5. The second-order valence-corrected chi connectivity index (χ2v) is 3.43. The zero-order chi connectivity index (χ0) is 14.2. The summed E-state index contributed by atoms with van der Waals surface area (Å²) in [5.74, 6) is -10.5. The summed E-state index contributed by atoms with van der Waals surface area (Å²) in [4.78, 5) is 10.6. The molecule has 2 atom stereocenters. The van der Waals surface area contributed by atoms with Gasteiger partial charge in [-0.1, -0.05) is 6.58 Å². The van der Waals surface area contributed by atoms with E-state index in [4.69, 9.17) is 0 Å². The number of alkyl halides is 5. The number of rotatable bonds is 3. The molecule has 0 N–H and O–H groups in total. The van der Waals surface area contributed by atoms with Gasteiger partial charge in [-0.2, -0.15) is 22.0 Å². The molecule has 1 fully saturated rings. The Balaban J connectivity index is 3.20. The Kier molecular flexibility index (Phi) is 3.57. The van der Waals surface area contributed by atoms with Crippen LogP contribution in [0.25, 0.3) is 0 Å². The highest BCUT2D eigenvalue weighted by atomic mass is 19.4. The monoisotopic (exact) mass is 276 g/mol. The summed E-state index contributed by atoms with van der Waals surface area (Å²) in [6.45, 7) is 2.43. The van der Waals surface area contributed by atoms with E-state index in [9.17, 15) is 26.7 Å². The van der Waals surface area contributed by atoms with Gasteiger partial charge in [0.15, 0.2) is 6.10 Å². The lowest BCUT2D eigenvalue weighted by molar-refractivity contribution is -0.405. The molecule has 0 bridgehead atoms. The summed E-state index contributed by atoms with van der Waals surface area (Å²) >= 11 is 0. The first-order valence-corrected chi connectivity index (χ1v) is 4.63. The van der Waals surface area contributed by atoms with E-state index in [1.807, 2.05) is 0 Å². The van der Waals surface area contributed by atoms with Gasteiger partial charge in [-0.05, 0) is 0 Å². The van der Waals surface area contributed by atoms with Crippen LogP contribution in [0.1, 0.15) is 6.92 Å². The SMILES string of the molecule is C=COC1COC(OC(C)=O)(C(F)(F)F)C1(F)F. The summed E-state index contributed by atoms with van der Waals surface area (Å²) in [7, 11) is 0. The second-order valence-electron chi connectivity index (χ2n) is 3.43. The molecule has 1 saturated heterocycles. The van der Waals surface area contributed by atoms with Crippen molar-refractivity contribution in [2.75, 3.05) is 6.61 Å². The maximum absolute atomic E-state index is 13.7. The van der Waals surface area contributed by atoms with Crippen LogP contribution in [0.4, 0.5) is 22.0 Å².